The third-order valence-corrected chi connectivity index (χ3v) is 3.05. The molecule has 0 radical (unpaired) electrons. The Bertz CT molecular complexity index is 482. The van der Waals surface area contributed by atoms with Gasteiger partial charge in [0.05, 0.1) is 6.61 Å². The van der Waals surface area contributed by atoms with Crippen LogP contribution in [-0.4, -0.2) is 23.3 Å². The Labute approximate surface area is 119 Å². The van der Waals surface area contributed by atoms with E-state index in [1.165, 1.54) is 11.9 Å². The summed E-state index contributed by atoms with van der Waals surface area (Å²) in [7, 11) is 0. The first-order valence-corrected chi connectivity index (χ1v) is 7.01. The van der Waals surface area contributed by atoms with Crippen LogP contribution in [0, 0.1) is 0 Å². The van der Waals surface area contributed by atoms with Gasteiger partial charge in [-0.15, -0.1) is 0 Å². The summed E-state index contributed by atoms with van der Waals surface area (Å²) in [5.74, 6) is 1.58. The molecule has 0 aliphatic heterocycles. The minimum absolute atomic E-state index is 0.276. The van der Waals surface area contributed by atoms with Crippen molar-refractivity contribution in [3.05, 3.63) is 42.0 Å². The number of aromatic nitrogens is 2. The summed E-state index contributed by atoms with van der Waals surface area (Å²) in [6.45, 7) is 5.80. The Morgan fingerprint density at radius 3 is 2.75 bits per heavy atom. The van der Waals surface area contributed by atoms with Crippen molar-refractivity contribution in [2.24, 2.45) is 0 Å². The molecule has 0 bridgehead atoms. The molecule has 20 heavy (non-hydrogen) atoms. The zero-order valence-electron chi connectivity index (χ0n) is 12.0. The summed E-state index contributed by atoms with van der Waals surface area (Å²) >= 11 is 0. The second-order valence-corrected chi connectivity index (χ2v) is 4.68. The number of nitrogens with one attached hydrogen (secondary N) is 1. The van der Waals surface area contributed by atoms with Crippen molar-refractivity contribution in [2.75, 3.05) is 13.2 Å². The van der Waals surface area contributed by atoms with E-state index >= 15 is 0 Å². The molecule has 0 spiro atoms. The van der Waals surface area contributed by atoms with Crippen LogP contribution in [0.1, 0.15) is 37.8 Å². The Morgan fingerprint density at radius 1 is 1.30 bits per heavy atom. The molecule has 1 atom stereocenters. The zero-order valence-corrected chi connectivity index (χ0v) is 12.0. The van der Waals surface area contributed by atoms with Crippen molar-refractivity contribution < 1.29 is 9.26 Å². The van der Waals surface area contributed by atoms with Crippen molar-refractivity contribution in [2.45, 2.75) is 32.7 Å². The molecule has 0 saturated carbocycles. The van der Waals surface area contributed by atoms with Crippen molar-refractivity contribution in [3.63, 3.8) is 0 Å². The van der Waals surface area contributed by atoms with Crippen LogP contribution >= 0.6 is 0 Å². The van der Waals surface area contributed by atoms with E-state index in [0.29, 0.717) is 5.89 Å². The van der Waals surface area contributed by atoms with Crippen molar-refractivity contribution >= 4 is 0 Å². The van der Waals surface area contributed by atoms with Crippen LogP contribution in [0.4, 0.5) is 0 Å². The van der Waals surface area contributed by atoms with E-state index in [9.17, 15) is 0 Å². The molecule has 2 aromatic rings. The minimum Gasteiger partial charge on any atom is -0.494 e. The summed E-state index contributed by atoms with van der Waals surface area (Å²) in [4.78, 5) is 3.99. The van der Waals surface area contributed by atoms with Gasteiger partial charge in [0, 0.05) is 19.0 Å². The van der Waals surface area contributed by atoms with E-state index in [2.05, 4.69) is 41.4 Å². The number of ether oxygens (including phenoxy) is 1. The maximum atomic E-state index is 5.57. The van der Waals surface area contributed by atoms with Crippen LogP contribution in [-0.2, 0) is 6.42 Å². The molecule has 1 N–H and O–H groups in total. The highest BCUT2D eigenvalue weighted by Gasteiger charge is 2.06. The monoisotopic (exact) mass is 275 g/mol. The summed E-state index contributed by atoms with van der Waals surface area (Å²) in [6, 6.07) is 8.49. The third-order valence-electron chi connectivity index (χ3n) is 3.05. The third kappa shape index (κ3) is 4.35. The van der Waals surface area contributed by atoms with Gasteiger partial charge in [0.2, 0.25) is 5.89 Å². The lowest BCUT2D eigenvalue weighted by molar-refractivity contribution is 0.317. The van der Waals surface area contributed by atoms with Crippen molar-refractivity contribution in [1.82, 2.24) is 15.5 Å². The predicted molar refractivity (Wildman–Crippen MR) is 76.6 cm³/mol. The smallest absolute Gasteiger partial charge is 0.227 e. The fraction of sp³-hybridized carbons (Fsp3) is 0.467. The van der Waals surface area contributed by atoms with Gasteiger partial charge in [0.15, 0.2) is 6.33 Å². The second kappa shape index (κ2) is 7.65. The standard InChI is InChI=1S/C15H21N3O2/c1-3-10-19-14-6-4-13(5-7-14)12(2)16-9-8-15-17-11-18-20-15/h4-7,11-12,16H,3,8-10H2,1-2H3. The first-order valence-electron chi connectivity index (χ1n) is 7.01. The number of hydrogen-bond acceptors (Lipinski definition) is 5. The minimum atomic E-state index is 0.276. The van der Waals surface area contributed by atoms with Gasteiger partial charge in [-0.3, -0.25) is 0 Å². The van der Waals surface area contributed by atoms with E-state index in [4.69, 9.17) is 9.26 Å². The van der Waals surface area contributed by atoms with E-state index in [1.54, 1.807) is 0 Å². The summed E-state index contributed by atoms with van der Waals surface area (Å²) in [6.07, 6.45) is 3.19. The van der Waals surface area contributed by atoms with Crippen LogP contribution in [0.5, 0.6) is 5.75 Å². The molecular weight excluding hydrogens is 254 g/mol. The van der Waals surface area contributed by atoms with Crippen LogP contribution in [0.2, 0.25) is 0 Å². The Morgan fingerprint density at radius 2 is 2.10 bits per heavy atom. The summed E-state index contributed by atoms with van der Waals surface area (Å²) < 4.78 is 10.5. The maximum absolute atomic E-state index is 5.57. The molecule has 1 heterocycles. The molecule has 5 nitrogen and oxygen atoms in total. The zero-order chi connectivity index (χ0) is 14.2. The topological polar surface area (TPSA) is 60.2 Å². The van der Waals surface area contributed by atoms with Crippen molar-refractivity contribution in [3.8, 4) is 5.75 Å². The van der Waals surface area contributed by atoms with Crippen LogP contribution in [0.15, 0.2) is 35.1 Å². The van der Waals surface area contributed by atoms with Crippen LogP contribution in [0.3, 0.4) is 0 Å². The largest absolute Gasteiger partial charge is 0.494 e. The molecule has 1 aromatic heterocycles. The lowest BCUT2D eigenvalue weighted by Gasteiger charge is -2.14. The van der Waals surface area contributed by atoms with Gasteiger partial charge in [-0.2, -0.15) is 4.98 Å². The molecule has 2 rings (SSSR count). The number of hydrogen-bond donors (Lipinski definition) is 1. The highest BCUT2D eigenvalue weighted by Crippen LogP contribution is 2.17. The fourth-order valence-corrected chi connectivity index (χ4v) is 1.89. The Hall–Kier alpha value is -1.88. The van der Waals surface area contributed by atoms with Gasteiger partial charge in [-0.05, 0) is 31.0 Å². The van der Waals surface area contributed by atoms with Gasteiger partial charge in [0.1, 0.15) is 5.75 Å². The average Bonchev–Trinajstić information content (AvgIpc) is 2.99. The normalized spacial score (nSPS) is 12.3. The average molecular weight is 275 g/mol. The lowest BCUT2D eigenvalue weighted by atomic mass is 10.1. The maximum Gasteiger partial charge on any atom is 0.227 e. The highest BCUT2D eigenvalue weighted by atomic mass is 16.5. The van der Waals surface area contributed by atoms with Gasteiger partial charge in [-0.1, -0.05) is 24.2 Å². The molecule has 0 fully saturated rings. The second-order valence-electron chi connectivity index (χ2n) is 4.68. The first-order chi connectivity index (χ1) is 9.79. The van der Waals surface area contributed by atoms with E-state index < -0.39 is 0 Å². The number of benzene rings is 1. The summed E-state index contributed by atoms with van der Waals surface area (Å²) in [5.41, 5.74) is 1.24. The quantitative estimate of drug-likeness (QED) is 0.802. The molecular formula is C15H21N3O2. The van der Waals surface area contributed by atoms with Gasteiger partial charge in [-0.25, -0.2) is 0 Å². The predicted octanol–water partition coefficient (Wildman–Crippen LogP) is 2.75. The molecule has 0 aliphatic rings. The summed E-state index contributed by atoms with van der Waals surface area (Å²) in [5, 5.41) is 7.02. The van der Waals surface area contributed by atoms with Crippen molar-refractivity contribution in [1.29, 1.82) is 0 Å². The molecule has 1 aromatic carbocycles. The number of nitrogens with zero attached hydrogens (tertiary/aromatic N) is 2. The van der Waals surface area contributed by atoms with E-state index in [-0.39, 0.29) is 6.04 Å². The molecule has 0 saturated heterocycles. The Kier molecular flexibility index (Phi) is 5.55. The first kappa shape index (κ1) is 14.5. The van der Waals surface area contributed by atoms with E-state index in [0.717, 1.165) is 31.7 Å². The van der Waals surface area contributed by atoms with Crippen LogP contribution < -0.4 is 10.1 Å². The van der Waals surface area contributed by atoms with Gasteiger partial charge >= 0.3 is 0 Å². The molecule has 0 amide bonds. The molecule has 5 heteroatoms. The Balaban J connectivity index is 1.78. The van der Waals surface area contributed by atoms with Crippen LogP contribution in [0.25, 0.3) is 0 Å². The molecule has 0 aliphatic carbocycles. The molecule has 108 valence electrons. The SMILES string of the molecule is CCCOc1ccc(C(C)NCCc2ncno2)cc1. The van der Waals surface area contributed by atoms with Gasteiger partial charge < -0.3 is 14.6 Å². The number of rotatable bonds is 8. The fourth-order valence-electron chi connectivity index (χ4n) is 1.89. The lowest BCUT2D eigenvalue weighted by Crippen LogP contribution is -2.21. The molecule has 1 unspecified atom stereocenters. The highest BCUT2D eigenvalue weighted by molar-refractivity contribution is 5.28. The van der Waals surface area contributed by atoms with E-state index in [1.807, 2.05) is 12.1 Å². The van der Waals surface area contributed by atoms with Gasteiger partial charge in [0.25, 0.3) is 0 Å².